The van der Waals surface area contributed by atoms with Gasteiger partial charge in [-0.15, -0.1) is 0 Å². The molecule has 0 bridgehead atoms. The first-order chi connectivity index (χ1) is 10.1. The van der Waals surface area contributed by atoms with Crippen LogP contribution in [0, 0.1) is 0 Å². The largest absolute Gasteiger partial charge is 0.394 e. The molecule has 0 unspecified atom stereocenters. The molecule has 21 heavy (non-hydrogen) atoms. The van der Waals surface area contributed by atoms with Gasteiger partial charge < -0.3 is 20.6 Å². The van der Waals surface area contributed by atoms with Gasteiger partial charge in [0.25, 0.3) is 5.91 Å². The summed E-state index contributed by atoms with van der Waals surface area (Å²) in [6.07, 6.45) is 4.15. The minimum Gasteiger partial charge on any atom is -0.394 e. The number of nitrogens with one attached hydrogen (secondary N) is 1. The molecule has 2 heterocycles. The van der Waals surface area contributed by atoms with Crippen LogP contribution in [0.25, 0.3) is 5.82 Å². The fraction of sp³-hybridized carbons (Fsp3) is 0.333. The predicted molar refractivity (Wildman–Crippen MR) is 70.6 cm³/mol. The average molecular weight is 293 g/mol. The van der Waals surface area contributed by atoms with Crippen molar-refractivity contribution in [2.24, 2.45) is 0 Å². The highest BCUT2D eigenvalue weighted by molar-refractivity contribution is 5.94. The summed E-state index contributed by atoms with van der Waals surface area (Å²) in [5, 5.41) is 33.8. The number of pyridine rings is 1. The lowest BCUT2D eigenvalue weighted by atomic mass is 10.0. The Balaban J connectivity index is 2.13. The molecule has 9 heteroatoms. The van der Waals surface area contributed by atoms with Crippen LogP contribution in [0.5, 0.6) is 0 Å². The molecule has 2 aromatic heterocycles. The summed E-state index contributed by atoms with van der Waals surface area (Å²) < 4.78 is 1.43. The van der Waals surface area contributed by atoms with Crippen molar-refractivity contribution < 1.29 is 20.1 Å². The molecule has 0 saturated heterocycles. The molecule has 2 aromatic rings. The average Bonchev–Trinajstić information content (AvgIpc) is 3.07. The number of aliphatic hydroxyl groups is 3. The summed E-state index contributed by atoms with van der Waals surface area (Å²) in [7, 11) is 0. The summed E-state index contributed by atoms with van der Waals surface area (Å²) in [4.78, 5) is 19.9. The first-order valence-electron chi connectivity index (χ1n) is 6.10. The van der Waals surface area contributed by atoms with E-state index in [0.717, 1.165) is 0 Å². The van der Waals surface area contributed by atoms with Crippen LogP contribution in [-0.2, 0) is 0 Å². The lowest BCUT2D eigenvalue weighted by molar-refractivity contribution is 0.0375. The zero-order valence-corrected chi connectivity index (χ0v) is 11.0. The number of carbonyl (C=O) groups excluding carboxylic acids is 1. The number of aliphatic hydroxyl groups excluding tert-OH is 3. The van der Waals surface area contributed by atoms with E-state index >= 15 is 0 Å². The monoisotopic (exact) mass is 293 g/mol. The second kappa shape index (κ2) is 6.39. The highest BCUT2D eigenvalue weighted by Gasteiger charge is 2.30. The molecule has 0 atom stereocenters. The van der Waals surface area contributed by atoms with Crippen LogP contribution in [0.3, 0.4) is 0 Å². The van der Waals surface area contributed by atoms with E-state index in [0.29, 0.717) is 5.82 Å². The quantitative estimate of drug-likeness (QED) is 0.489. The van der Waals surface area contributed by atoms with Crippen molar-refractivity contribution in [2.45, 2.75) is 5.54 Å². The van der Waals surface area contributed by atoms with Crippen LogP contribution >= 0.6 is 0 Å². The van der Waals surface area contributed by atoms with Gasteiger partial charge in [0.05, 0.1) is 25.4 Å². The molecule has 9 nitrogen and oxygen atoms in total. The first-order valence-corrected chi connectivity index (χ1v) is 6.10. The molecule has 0 saturated carbocycles. The minimum absolute atomic E-state index is 0.221. The number of hydrogen-bond donors (Lipinski definition) is 4. The maximum atomic E-state index is 12.0. The molecule has 4 N–H and O–H groups in total. The fourth-order valence-electron chi connectivity index (χ4n) is 1.56. The molecule has 0 fully saturated rings. The van der Waals surface area contributed by atoms with Crippen molar-refractivity contribution in [3.05, 3.63) is 36.5 Å². The van der Waals surface area contributed by atoms with Gasteiger partial charge in [-0.05, 0) is 12.1 Å². The molecule has 0 radical (unpaired) electrons. The number of rotatable bonds is 6. The zero-order valence-electron chi connectivity index (χ0n) is 11.0. The van der Waals surface area contributed by atoms with E-state index in [1.165, 1.54) is 29.6 Å². The molecule has 0 aliphatic carbocycles. The lowest BCUT2D eigenvalue weighted by Gasteiger charge is -2.28. The van der Waals surface area contributed by atoms with Gasteiger partial charge in [0, 0.05) is 6.20 Å². The molecule has 2 rings (SSSR count). The molecule has 1 amide bonds. The van der Waals surface area contributed by atoms with Crippen LogP contribution in [0.2, 0.25) is 0 Å². The van der Waals surface area contributed by atoms with E-state index in [2.05, 4.69) is 20.4 Å². The predicted octanol–water partition coefficient (Wildman–Crippen LogP) is -1.89. The summed E-state index contributed by atoms with van der Waals surface area (Å²) in [5.74, 6) is -0.0772. The number of nitrogens with zero attached hydrogens (tertiary/aromatic N) is 4. The van der Waals surface area contributed by atoms with E-state index in [9.17, 15) is 20.1 Å². The summed E-state index contributed by atoms with van der Waals surface area (Å²) in [6, 6.07) is 3.08. The summed E-state index contributed by atoms with van der Waals surface area (Å²) in [5.41, 5.74) is -1.25. The minimum atomic E-state index is -1.47. The Hall–Kier alpha value is -2.36. The van der Waals surface area contributed by atoms with Gasteiger partial charge in [-0.1, -0.05) is 0 Å². The molecule has 112 valence electrons. The number of carbonyl (C=O) groups is 1. The van der Waals surface area contributed by atoms with Crippen molar-refractivity contribution in [2.75, 3.05) is 19.8 Å². The standard InChI is InChI=1S/C12H15N5O4/c18-4-12(5-19,6-20)16-11(21)9-1-2-10(14-3-9)17-8-13-7-15-17/h1-3,7-8,18-20H,4-6H2,(H,16,21). The van der Waals surface area contributed by atoms with Crippen LogP contribution in [-0.4, -0.2) is 66.3 Å². The van der Waals surface area contributed by atoms with Crippen LogP contribution in [0.4, 0.5) is 0 Å². The second-order valence-electron chi connectivity index (χ2n) is 4.45. The van der Waals surface area contributed by atoms with Gasteiger partial charge in [-0.3, -0.25) is 4.79 Å². The Morgan fingerprint density at radius 2 is 1.95 bits per heavy atom. The third kappa shape index (κ3) is 3.21. The van der Waals surface area contributed by atoms with Crippen LogP contribution in [0.15, 0.2) is 31.0 Å². The van der Waals surface area contributed by atoms with Gasteiger partial charge >= 0.3 is 0 Å². The van der Waals surface area contributed by atoms with Gasteiger partial charge in [0.15, 0.2) is 5.82 Å². The maximum absolute atomic E-state index is 12.0. The van der Waals surface area contributed by atoms with E-state index in [1.54, 1.807) is 6.07 Å². The first kappa shape index (κ1) is 15.0. The fourth-order valence-corrected chi connectivity index (χ4v) is 1.56. The van der Waals surface area contributed by atoms with Crippen molar-refractivity contribution in [1.82, 2.24) is 25.1 Å². The van der Waals surface area contributed by atoms with Crippen molar-refractivity contribution >= 4 is 5.91 Å². The van der Waals surface area contributed by atoms with E-state index in [-0.39, 0.29) is 5.56 Å². The summed E-state index contributed by atoms with van der Waals surface area (Å²) in [6.45, 7) is -1.76. The second-order valence-corrected chi connectivity index (χ2v) is 4.45. The maximum Gasteiger partial charge on any atom is 0.253 e. The number of aromatic nitrogens is 4. The Labute approximate surface area is 119 Å². The number of hydrogen-bond acceptors (Lipinski definition) is 7. The van der Waals surface area contributed by atoms with E-state index in [4.69, 9.17) is 0 Å². The molecule has 0 aliphatic rings. The Kier molecular flexibility index (Phi) is 4.58. The molecular formula is C12H15N5O4. The molecular weight excluding hydrogens is 278 g/mol. The van der Waals surface area contributed by atoms with Crippen molar-refractivity contribution in [3.63, 3.8) is 0 Å². The topological polar surface area (TPSA) is 133 Å². The Morgan fingerprint density at radius 1 is 1.24 bits per heavy atom. The van der Waals surface area contributed by atoms with E-state index < -0.39 is 31.3 Å². The van der Waals surface area contributed by atoms with Crippen LogP contribution < -0.4 is 5.32 Å². The van der Waals surface area contributed by atoms with E-state index in [1.807, 2.05) is 0 Å². The smallest absolute Gasteiger partial charge is 0.253 e. The Bertz CT molecular complexity index is 572. The molecule has 0 aliphatic heterocycles. The highest BCUT2D eigenvalue weighted by Crippen LogP contribution is 2.07. The normalized spacial score (nSPS) is 11.4. The van der Waals surface area contributed by atoms with Gasteiger partial charge in [0.2, 0.25) is 0 Å². The third-order valence-electron chi connectivity index (χ3n) is 2.95. The van der Waals surface area contributed by atoms with Gasteiger partial charge in [-0.2, -0.15) is 5.10 Å². The number of amides is 1. The SMILES string of the molecule is O=C(NC(CO)(CO)CO)c1ccc(-n2cncn2)nc1. The highest BCUT2D eigenvalue weighted by atomic mass is 16.3. The molecule has 0 aromatic carbocycles. The van der Waals surface area contributed by atoms with Crippen molar-refractivity contribution in [1.29, 1.82) is 0 Å². The van der Waals surface area contributed by atoms with Gasteiger partial charge in [0.1, 0.15) is 18.2 Å². The van der Waals surface area contributed by atoms with Gasteiger partial charge in [-0.25, -0.2) is 14.6 Å². The lowest BCUT2D eigenvalue weighted by Crippen LogP contribution is -2.57. The Morgan fingerprint density at radius 3 is 2.43 bits per heavy atom. The van der Waals surface area contributed by atoms with Crippen molar-refractivity contribution in [3.8, 4) is 5.82 Å². The zero-order chi connectivity index (χ0) is 15.3. The molecule has 0 spiro atoms. The third-order valence-corrected chi connectivity index (χ3v) is 2.95. The van der Waals surface area contributed by atoms with Crippen LogP contribution in [0.1, 0.15) is 10.4 Å². The summed E-state index contributed by atoms with van der Waals surface area (Å²) >= 11 is 0.